The third-order valence-corrected chi connectivity index (χ3v) is 5.17. The fraction of sp³-hybridized carbons (Fsp3) is 0.455. The van der Waals surface area contributed by atoms with Crippen molar-refractivity contribution in [1.82, 2.24) is 15.2 Å². The van der Waals surface area contributed by atoms with Crippen molar-refractivity contribution in [3.63, 3.8) is 0 Å². The van der Waals surface area contributed by atoms with E-state index in [1.54, 1.807) is 4.90 Å². The summed E-state index contributed by atoms with van der Waals surface area (Å²) < 4.78 is 40.0. The maximum absolute atomic E-state index is 13.3. The maximum atomic E-state index is 13.3. The van der Waals surface area contributed by atoms with Gasteiger partial charge in [-0.1, -0.05) is 24.3 Å². The van der Waals surface area contributed by atoms with Gasteiger partial charge in [0.05, 0.1) is 11.5 Å². The molecule has 0 aliphatic carbocycles. The van der Waals surface area contributed by atoms with Crippen LogP contribution in [0.25, 0.3) is 0 Å². The average molecular weight is 420 g/mol. The Balaban J connectivity index is 1.60. The highest BCUT2D eigenvalue weighted by Gasteiger charge is 2.37. The number of nitrogens with zero attached hydrogens (tertiary/aromatic N) is 3. The normalized spacial score (nSPS) is 17.3. The van der Waals surface area contributed by atoms with Gasteiger partial charge in [-0.15, -0.1) is 0 Å². The van der Waals surface area contributed by atoms with E-state index in [1.807, 2.05) is 38.4 Å². The van der Waals surface area contributed by atoms with Gasteiger partial charge >= 0.3 is 6.18 Å². The number of aromatic nitrogens is 1. The van der Waals surface area contributed by atoms with Gasteiger partial charge in [-0.25, -0.2) is 4.98 Å². The molecule has 1 aliphatic rings. The molecule has 1 N–H and O–H groups in total. The van der Waals surface area contributed by atoms with E-state index in [0.29, 0.717) is 25.9 Å². The van der Waals surface area contributed by atoms with Gasteiger partial charge in [0.1, 0.15) is 5.82 Å². The summed E-state index contributed by atoms with van der Waals surface area (Å²) in [5, 5.41) is 2.93. The topological polar surface area (TPSA) is 48.5 Å². The van der Waals surface area contributed by atoms with E-state index in [4.69, 9.17) is 0 Å². The third-order valence-electron chi connectivity index (χ3n) is 5.17. The zero-order valence-corrected chi connectivity index (χ0v) is 17.2. The fourth-order valence-electron chi connectivity index (χ4n) is 3.71. The first-order valence-electron chi connectivity index (χ1n) is 10.0. The van der Waals surface area contributed by atoms with Gasteiger partial charge in [0.25, 0.3) is 0 Å². The molecular weight excluding hydrogens is 393 g/mol. The van der Waals surface area contributed by atoms with Crippen LogP contribution in [0.3, 0.4) is 0 Å². The number of halogens is 3. The van der Waals surface area contributed by atoms with Crippen LogP contribution in [0.15, 0.2) is 42.6 Å². The lowest BCUT2D eigenvalue weighted by Gasteiger charge is -2.34. The average Bonchev–Trinajstić information content (AvgIpc) is 2.72. The Morgan fingerprint density at radius 3 is 2.57 bits per heavy atom. The molecule has 1 aromatic carbocycles. The van der Waals surface area contributed by atoms with Crippen molar-refractivity contribution in [2.24, 2.45) is 5.92 Å². The Morgan fingerprint density at radius 1 is 1.20 bits per heavy atom. The quantitative estimate of drug-likeness (QED) is 0.774. The van der Waals surface area contributed by atoms with Crippen molar-refractivity contribution in [3.05, 3.63) is 59.3 Å². The number of carbonyl (C=O) groups excluding carboxylic acids is 1. The molecule has 0 bridgehead atoms. The van der Waals surface area contributed by atoms with E-state index in [9.17, 15) is 18.0 Å². The highest BCUT2D eigenvalue weighted by Crippen LogP contribution is 2.36. The summed E-state index contributed by atoms with van der Waals surface area (Å²) in [6, 6.07) is 10.3. The smallest absolute Gasteiger partial charge is 0.355 e. The van der Waals surface area contributed by atoms with E-state index in [0.717, 1.165) is 18.2 Å². The molecule has 0 radical (unpaired) electrons. The molecule has 0 saturated carbocycles. The van der Waals surface area contributed by atoms with E-state index in [1.165, 1.54) is 17.8 Å². The van der Waals surface area contributed by atoms with Crippen molar-refractivity contribution in [2.45, 2.75) is 32.1 Å². The predicted octanol–water partition coefficient (Wildman–Crippen LogP) is 3.69. The van der Waals surface area contributed by atoms with Gasteiger partial charge in [0.15, 0.2) is 0 Å². The Kier molecular flexibility index (Phi) is 6.97. The van der Waals surface area contributed by atoms with Crippen molar-refractivity contribution >= 4 is 11.7 Å². The summed E-state index contributed by atoms with van der Waals surface area (Å²) in [6.07, 6.45) is -1.82. The SMILES string of the molecule is CN(C)Cc1ccc(CNC(=O)C2CCCN(c3ncccc3C(F)(F)F)C2)cc1. The van der Waals surface area contributed by atoms with Crippen LogP contribution in [0, 0.1) is 5.92 Å². The van der Waals surface area contributed by atoms with Gasteiger partial charge in [-0.05, 0) is 50.2 Å². The number of hydrogen-bond acceptors (Lipinski definition) is 4. The first-order chi connectivity index (χ1) is 14.2. The highest BCUT2D eigenvalue weighted by atomic mass is 19.4. The van der Waals surface area contributed by atoms with E-state index < -0.39 is 11.7 Å². The molecule has 1 saturated heterocycles. The molecule has 1 aliphatic heterocycles. The van der Waals surface area contributed by atoms with Gasteiger partial charge in [-0.2, -0.15) is 13.2 Å². The number of carbonyl (C=O) groups is 1. The summed E-state index contributed by atoms with van der Waals surface area (Å²) in [6.45, 7) is 1.93. The molecule has 162 valence electrons. The number of alkyl halides is 3. The second kappa shape index (κ2) is 9.47. The number of hydrogen-bond donors (Lipinski definition) is 1. The summed E-state index contributed by atoms with van der Waals surface area (Å²) in [5.41, 5.74) is 1.42. The Bertz CT molecular complexity index is 852. The lowest BCUT2D eigenvalue weighted by Crippen LogP contribution is -2.43. The number of anilines is 1. The molecule has 1 fully saturated rings. The van der Waals surface area contributed by atoms with Crippen LogP contribution in [0.2, 0.25) is 0 Å². The van der Waals surface area contributed by atoms with Gasteiger partial charge < -0.3 is 15.1 Å². The van der Waals surface area contributed by atoms with Crippen LogP contribution in [-0.4, -0.2) is 43.0 Å². The first kappa shape index (κ1) is 22.1. The predicted molar refractivity (Wildman–Crippen MR) is 110 cm³/mol. The molecule has 3 rings (SSSR count). The lowest BCUT2D eigenvalue weighted by molar-refractivity contribution is -0.137. The highest BCUT2D eigenvalue weighted by molar-refractivity contribution is 5.79. The zero-order chi connectivity index (χ0) is 21.7. The molecule has 1 atom stereocenters. The summed E-state index contributed by atoms with van der Waals surface area (Å²) in [4.78, 5) is 20.3. The largest absolute Gasteiger partial charge is 0.419 e. The molecule has 1 unspecified atom stereocenters. The maximum Gasteiger partial charge on any atom is 0.419 e. The molecule has 0 spiro atoms. The van der Waals surface area contributed by atoms with Gasteiger partial charge in [0.2, 0.25) is 5.91 Å². The molecule has 8 heteroatoms. The number of pyridine rings is 1. The number of nitrogens with one attached hydrogen (secondary N) is 1. The standard InChI is InChI=1S/C22H27F3N4O/c1-28(2)14-17-9-7-16(8-10-17)13-27-21(30)18-5-4-12-29(15-18)20-19(22(23,24)25)6-3-11-26-20/h3,6-11,18H,4-5,12-15H2,1-2H3,(H,27,30). The molecule has 30 heavy (non-hydrogen) atoms. The molecule has 2 heterocycles. The Morgan fingerprint density at radius 2 is 1.90 bits per heavy atom. The summed E-state index contributed by atoms with van der Waals surface area (Å²) >= 11 is 0. The second-order valence-corrected chi connectivity index (χ2v) is 7.93. The number of piperidine rings is 1. The van der Waals surface area contributed by atoms with Crippen LogP contribution >= 0.6 is 0 Å². The van der Waals surface area contributed by atoms with Crippen molar-refractivity contribution < 1.29 is 18.0 Å². The number of amides is 1. The monoisotopic (exact) mass is 420 g/mol. The molecule has 1 amide bonds. The molecular formula is C22H27F3N4O. The summed E-state index contributed by atoms with van der Waals surface area (Å²) in [5.74, 6) is -0.601. The molecule has 2 aromatic rings. The second-order valence-electron chi connectivity index (χ2n) is 7.93. The van der Waals surface area contributed by atoms with Crippen LogP contribution in [-0.2, 0) is 24.1 Å². The minimum absolute atomic E-state index is 0.0982. The van der Waals surface area contributed by atoms with E-state index in [2.05, 4.69) is 15.2 Å². The molecule has 1 aromatic heterocycles. The minimum atomic E-state index is -4.47. The fourth-order valence-corrected chi connectivity index (χ4v) is 3.71. The lowest BCUT2D eigenvalue weighted by atomic mass is 9.96. The van der Waals surface area contributed by atoms with Crippen LogP contribution < -0.4 is 10.2 Å². The number of benzene rings is 1. The van der Waals surface area contributed by atoms with Crippen LogP contribution in [0.5, 0.6) is 0 Å². The van der Waals surface area contributed by atoms with Crippen molar-refractivity contribution in [3.8, 4) is 0 Å². The van der Waals surface area contributed by atoms with E-state index in [-0.39, 0.29) is 24.2 Å². The Hall–Kier alpha value is -2.61. The van der Waals surface area contributed by atoms with Gasteiger partial charge in [-0.3, -0.25) is 4.79 Å². The zero-order valence-electron chi connectivity index (χ0n) is 17.2. The first-order valence-corrected chi connectivity index (χ1v) is 10.0. The van der Waals surface area contributed by atoms with Crippen LogP contribution in [0.1, 0.15) is 29.5 Å². The minimum Gasteiger partial charge on any atom is -0.355 e. The van der Waals surface area contributed by atoms with Crippen LogP contribution in [0.4, 0.5) is 19.0 Å². The van der Waals surface area contributed by atoms with E-state index >= 15 is 0 Å². The summed E-state index contributed by atoms with van der Waals surface area (Å²) in [7, 11) is 4.01. The van der Waals surface area contributed by atoms with Crippen molar-refractivity contribution in [1.29, 1.82) is 0 Å². The van der Waals surface area contributed by atoms with Gasteiger partial charge in [0, 0.05) is 32.4 Å². The van der Waals surface area contributed by atoms with Crippen molar-refractivity contribution in [2.75, 3.05) is 32.1 Å². The third kappa shape index (κ3) is 5.72. The number of rotatable bonds is 6. The molecule has 5 nitrogen and oxygen atoms in total. The Labute approximate surface area is 174 Å².